The zero-order valence-corrected chi connectivity index (χ0v) is 10.7. The second-order valence-corrected chi connectivity index (χ2v) is 5.54. The Kier molecular flexibility index (Phi) is 3.35. The maximum Gasteiger partial charge on any atom is 0.152 e. The van der Waals surface area contributed by atoms with Crippen LogP contribution in [0.1, 0.15) is 50.8 Å². The van der Waals surface area contributed by atoms with Crippen molar-refractivity contribution < 1.29 is 9.84 Å². The van der Waals surface area contributed by atoms with Crippen LogP contribution in [0.5, 0.6) is 0 Å². The molecular weight excluding hydrogens is 230 g/mol. The monoisotopic (exact) mass is 251 g/mol. The molecular formula is C13H21N3O2. The molecule has 2 aliphatic rings. The van der Waals surface area contributed by atoms with Gasteiger partial charge in [0.05, 0.1) is 18.2 Å². The third-order valence-electron chi connectivity index (χ3n) is 4.32. The predicted octanol–water partition coefficient (Wildman–Crippen LogP) is 1.65. The number of ether oxygens (including phenoxy) is 1. The summed E-state index contributed by atoms with van der Waals surface area (Å²) in [7, 11) is 0. The summed E-state index contributed by atoms with van der Waals surface area (Å²) in [5.41, 5.74) is 0.156. The van der Waals surface area contributed by atoms with Gasteiger partial charge in [0.25, 0.3) is 0 Å². The number of hydrogen-bond acceptors (Lipinski definition) is 4. The van der Waals surface area contributed by atoms with E-state index in [0.717, 1.165) is 13.0 Å². The lowest BCUT2D eigenvalue weighted by molar-refractivity contribution is -0.0692. The van der Waals surface area contributed by atoms with Gasteiger partial charge >= 0.3 is 0 Å². The largest absolute Gasteiger partial charge is 0.388 e. The smallest absolute Gasteiger partial charge is 0.152 e. The van der Waals surface area contributed by atoms with E-state index in [0.29, 0.717) is 5.82 Å². The molecule has 1 N–H and O–H groups in total. The molecule has 0 aromatic carbocycles. The maximum absolute atomic E-state index is 9.16. The number of aliphatic hydroxyl groups is 1. The van der Waals surface area contributed by atoms with Crippen molar-refractivity contribution in [3.05, 3.63) is 12.2 Å². The Morgan fingerprint density at radius 3 is 2.94 bits per heavy atom. The summed E-state index contributed by atoms with van der Waals surface area (Å²) in [4.78, 5) is 4.03. The Bertz CT molecular complexity index is 399. The molecule has 3 rings (SSSR count). The highest BCUT2D eigenvalue weighted by Gasteiger charge is 2.40. The van der Waals surface area contributed by atoms with Crippen LogP contribution in [0, 0.1) is 0 Å². The SMILES string of the molecule is OCc1ncnn1CC1CCC2(CCCCC2)O1. The van der Waals surface area contributed by atoms with E-state index < -0.39 is 0 Å². The van der Waals surface area contributed by atoms with Gasteiger partial charge in [-0.15, -0.1) is 0 Å². The molecule has 0 bridgehead atoms. The number of aliphatic hydroxyl groups excluding tert-OH is 1. The molecule has 0 amide bonds. The first kappa shape index (κ1) is 12.1. The number of nitrogens with zero attached hydrogens (tertiary/aromatic N) is 3. The van der Waals surface area contributed by atoms with E-state index in [-0.39, 0.29) is 18.3 Å². The van der Waals surface area contributed by atoms with Gasteiger partial charge in [-0.05, 0) is 25.7 Å². The minimum atomic E-state index is -0.0577. The first-order chi connectivity index (χ1) is 8.81. The van der Waals surface area contributed by atoms with Crippen LogP contribution in [-0.4, -0.2) is 31.6 Å². The van der Waals surface area contributed by atoms with Gasteiger partial charge in [-0.1, -0.05) is 19.3 Å². The van der Waals surface area contributed by atoms with E-state index in [2.05, 4.69) is 10.1 Å². The Hall–Kier alpha value is -0.940. The number of aromatic nitrogens is 3. The van der Waals surface area contributed by atoms with Gasteiger partial charge in [-0.25, -0.2) is 9.67 Å². The summed E-state index contributed by atoms with van der Waals surface area (Å²) in [5, 5.41) is 13.3. The van der Waals surface area contributed by atoms with Gasteiger partial charge in [-0.2, -0.15) is 5.10 Å². The molecule has 2 heterocycles. The minimum Gasteiger partial charge on any atom is -0.388 e. The average molecular weight is 251 g/mol. The van der Waals surface area contributed by atoms with E-state index in [1.54, 1.807) is 4.68 Å². The standard InChI is InChI=1S/C13H21N3O2/c17-9-12-14-10-15-16(12)8-11-4-7-13(18-11)5-2-1-3-6-13/h10-11,17H,1-9H2. The molecule has 2 fully saturated rings. The summed E-state index contributed by atoms with van der Waals surface area (Å²) in [6.07, 6.45) is 10.4. The van der Waals surface area contributed by atoms with Crippen LogP contribution < -0.4 is 0 Å². The Balaban J connectivity index is 1.62. The highest BCUT2D eigenvalue weighted by atomic mass is 16.5. The van der Waals surface area contributed by atoms with E-state index >= 15 is 0 Å². The van der Waals surface area contributed by atoms with Crippen molar-refractivity contribution >= 4 is 0 Å². The molecule has 100 valence electrons. The molecule has 1 spiro atoms. The second kappa shape index (κ2) is 4.97. The zero-order valence-electron chi connectivity index (χ0n) is 10.7. The molecule has 1 saturated heterocycles. The fourth-order valence-corrected chi connectivity index (χ4v) is 3.34. The lowest BCUT2D eigenvalue weighted by Gasteiger charge is -2.33. The quantitative estimate of drug-likeness (QED) is 0.887. The van der Waals surface area contributed by atoms with Crippen LogP contribution in [0.2, 0.25) is 0 Å². The van der Waals surface area contributed by atoms with E-state index in [9.17, 15) is 0 Å². The molecule has 5 heteroatoms. The van der Waals surface area contributed by atoms with Gasteiger partial charge in [0.2, 0.25) is 0 Å². The first-order valence-electron chi connectivity index (χ1n) is 6.97. The molecule has 1 aromatic rings. The zero-order chi connectivity index (χ0) is 12.4. The van der Waals surface area contributed by atoms with E-state index in [4.69, 9.17) is 9.84 Å². The highest BCUT2D eigenvalue weighted by Crippen LogP contribution is 2.42. The fraction of sp³-hybridized carbons (Fsp3) is 0.846. The van der Waals surface area contributed by atoms with Gasteiger partial charge in [0.1, 0.15) is 12.9 Å². The van der Waals surface area contributed by atoms with Crippen LogP contribution in [-0.2, 0) is 17.9 Å². The van der Waals surface area contributed by atoms with Crippen molar-refractivity contribution in [3.8, 4) is 0 Å². The van der Waals surface area contributed by atoms with Crippen LogP contribution in [0.3, 0.4) is 0 Å². The molecule has 1 aliphatic heterocycles. The van der Waals surface area contributed by atoms with Gasteiger partial charge < -0.3 is 9.84 Å². The lowest BCUT2D eigenvalue weighted by atomic mass is 9.83. The number of hydrogen-bond donors (Lipinski definition) is 1. The molecule has 1 atom stereocenters. The molecule has 1 saturated carbocycles. The van der Waals surface area contributed by atoms with E-state index in [1.165, 1.54) is 44.9 Å². The van der Waals surface area contributed by atoms with Crippen molar-refractivity contribution in [1.29, 1.82) is 0 Å². The third kappa shape index (κ3) is 2.29. The predicted molar refractivity (Wildman–Crippen MR) is 65.9 cm³/mol. The van der Waals surface area contributed by atoms with Crippen molar-refractivity contribution in [1.82, 2.24) is 14.8 Å². The maximum atomic E-state index is 9.16. The van der Waals surface area contributed by atoms with Gasteiger partial charge in [0.15, 0.2) is 5.82 Å². The van der Waals surface area contributed by atoms with Gasteiger partial charge in [0, 0.05) is 0 Å². The Labute approximate surface area is 107 Å². The van der Waals surface area contributed by atoms with E-state index in [1.807, 2.05) is 0 Å². The van der Waals surface area contributed by atoms with Crippen molar-refractivity contribution in [2.45, 2.75) is 69.8 Å². The minimum absolute atomic E-state index is 0.0577. The first-order valence-corrected chi connectivity index (χ1v) is 6.97. The molecule has 18 heavy (non-hydrogen) atoms. The Morgan fingerprint density at radius 1 is 1.33 bits per heavy atom. The summed E-state index contributed by atoms with van der Waals surface area (Å²) in [6.45, 7) is 0.662. The Morgan fingerprint density at radius 2 is 2.17 bits per heavy atom. The van der Waals surface area contributed by atoms with Crippen LogP contribution in [0.4, 0.5) is 0 Å². The molecule has 1 unspecified atom stereocenters. The molecule has 1 aromatic heterocycles. The third-order valence-corrected chi connectivity index (χ3v) is 4.32. The summed E-state index contributed by atoms with van der Waals surface area (Å²) < 4.78 is 8.06. The van der Waals surface area contributed by atoms with Gasteiger partial charge in [-0.3, -0.25) is 0 Å². The second-order valence-electron chi connectivity index (χ2n) is 5.54. The highest BCUT2D eigenvalue weighted by molar-refractivity contribution is 4.92. The van der Waals surface area contributed by atoms with Crippen molar-refractivity contribution in [2.75, 3.05) is 0 Å². The van der Waals surface area contributed by atoms with Crippen LogP contribution in [0.15, 0.2) is 6.33 Å². The fourth-order valence-electron chi connectivity index (χ4n) is 3.34. The topological polar surface area (TPSA) is 60.2 Å². The van der Waals surface area contributed by atoms with Crippen molar-refractivity contribution in [2.24, 2.45) is 0 Å². The lowest BCUT2D eigenvalue weighted by Crippen LogP contribution is -2.32. The number of rotatable bonds is 3. The molecule has 1 aliphatic carbocycles. The molecule has 5 nitrogen and oxygen atoms in total. The van der Waals surface area contributed by atoms with Crippen LogP contribution >= 0.6 is 0 Å². The normalized spacial score (nSPS) is 26.8. The summed E-state index contributed by atoms with van der Waals surface area (Å²) in [5.74, 6) is 0.628. The average Bonchev–Trinajstić information content (AvgIpc) is 2.99. The van der Waals surface area contributed by atoms with Crippen molar-refractivity contribution in [3.63, 3.8) is 0 Å². The summed E-state index contributed by atoms with van der Waals surface area (Å²) >= 11 is 0. The van der Waals surface area contributed by atoms with Crippen LogP contribution in [0.25, 0.3) is 0 Å². The molecule has 0 radical (unpaired) electrons. The summed E-state index contributed by atoms with van der Waals surface area (Å²) in [6, 6.07) is 0.